The zero-order chi connectivity index (χ0) is 13.4. The Balaban J connectivity index is 2.00. The SMILES string of the molecule is N#Cc1c(Br)cccc1N1CCCC2C(=O)NCC21. The minimum atomic E-state index is 0.0688. The summed E-state index contributed by atoms with van der Waals surface area (Å²) in [6.07, 6.45) is 1.94. The number of nitriles is 1. The summed E-state index contributed by atoms with van der Waals surface area (Å²) in [6.45, 7) is 1.59. The van der Waals surface area contributed by atoms with Crippen molar-refractivity contribution in [3.63, 3.8) is 0 Å². The van der Waals surface area contributed by atoms with Gasteiger partial charge in [-0.1, -0.05) is 6.07 Å². The van der Waals surface area contributed by atoms with Crippen LogP contribution in [0.5, 0.6) is 0 Å². The smallest absolute Gasteiger partial charge is 0.225 e. The van der Waals surface area contributed by atoms with Gasteiger partial charge in [-0.05, 0) is 40.9 Å². The quantitative estimate of drug-likeness (QED) is 0.861. The van der Waals surface area contributed by atoms with Crippen molar-refractivity contribution >= 4 is 27.5 Å². The fourth-order valence-electron chi connectivity index (χ4n) is 3.11. The largest absolute Gasteiger partial charge is 0.365 e. The maximum absolute atomic E-state index is 11.8. The lowest BCUT2D eigenvalue weighted by Gasteiger charge is -2.38. The highest BCUT2D eigenvalue weighted by atomic mass is 79.9. The zero-order valence-corrected chi connectivity index (χ0v) is 12.0. The predicted octanol–water partition coefficient (Wildman–Crippen LogP) is 2.04. The van der Waals surface area contributed by atoms with Crippen molar-refractivity contribution in [3.05, 3.63) is 28.2 Å². The Morgan fingerprint density at radius 3 is 3.11 bits per heavy atom. The van der Waals surface area contributed by atoms with Gasteiger partial charge in [-0.15, -0.1) is 0 Å². The van der Waals surface area contributed by atoms with E-state index < -0.39 is 0 Å². The molecule has 98 valence electrons. The third-order valence-electron chi connectivity index (χ3n) is 4.01. The number of fused-ring (bicyclic) bond motifs is 1. The number of hydrogen-bond acceptors (Lipinski definition) is 3. The Labute approximate surface area is 120 Å². The molecule has 0 aliphatic carbocycles. The van der Waals surface area contributed by atoms with Crippen molar-refractivity contribution in [2.75, 3.05) is 18.0 Å². The molecule has 1 aromatic rings. The van der Waals surface area contributed by atoms with Crippen molar-refractivity contribution in [2.45, 2.75) is 18.9 Å². The van der Waals surface area contributed by atoms with Gasteiger partial charge in [-0.25, -0.2) is 0 Å². The average Bonchev–Trinajstić information content (AvgIpc) is 2.80. The van der Waals surface area contributed by atoms with Crippen LogP contribution in [-0.2, 0) is 4.79 Å². The lowest BCUT2D eigenvalue weighted by atomic mass is 9.90. The molecule has 2 atom stereocenters. The van der Waals surface area contributed by atoms with Gasteiger partial charge in [0, 0.05) is 17.6 Å². The van der Waals surface area contributed by atoms with Crippen LogP contribution >= 0.6 is 15.9 Å². The van der Waals surface area contributed by atoms with E-state index in [4.69, 9.17) is 0 Å². The molecule has 0 bridgehead atoms. The number of piperidine rings is 1. The van der Waals surface area contributed by atoms with E-state index in [1.54, 1.807) is 0 Å². The van der Waals surface area contributed by atoms with Gasteiger partial charge < -0.3 is 10.2 Å². The summed E-state index contributed by atoms with van der Waals surface area (Å²) in [5.74, 6) is 0.225. The summed E-state index contributed by atoms with van der Waals surface area (Å²) in [5.41, 5.74) is 1.59. The average molecular weight is 320 g/mol. The van der Waals surface area contributed by atoms with Crippen molar-refractivity contribution < 1.29 is 4.79 Å². The summed E-state index contributed by atoms with van der Waals surface area (Å²) in [4.78, 5) is 14.0. The number of nitrogens with one attached hydrogen (secondary N) is 1. The molecule has 0 spiro atoms. The molecule has 2 aliphatic heterocycles. The van der Waals surface area contributed by atoms with Crippen molar-refractivity contribution in [1.82, 2.24) is 5.32 Å². The third-order valence-corrected chi connectivity index (χ3v) is 4.67. The van der Waals surface area contributed by atoms with Crippen LogP contribution in [0.1, 0.15) is 18.4 Å². The van der Waals surface area contributed by atoms with E-state index in [1.165, 1.54) is 0 Å². The molecular formula is C14H14BrN3O. The molecule has 4 nitrogen and oxygen atoms in total. The predicted molar refractivity (Wildman–Crippen MR) is 75.7 cm³/mol. The van der Waals surface area contributed by atoms with Crippen LogP contribution in [0.15, 0.2) is 22.7 Å². The maximum Gasteiger partial charge on any atom is 0.225 e. The second kappa shape index (κ2) is 4.86. The number of hydrogen-bond donors (Lipinski definition) is 1. The van der Waals surface area contributed by atoms with E-state index in [0.29, 0.717) is 12.1 Å². The molecule has 1 N–H and O–H groups in total. The highest BCUT2D eigenvalue weighted by molar-refractivity contribution is 9.10. The van der Waals surface area contributed by atoms with Gasteiger partial charge in [-0.3, -0.25) is 4.79 Å². The second-order valence-corrected chi connectivity index (χ2v) is 5.85. The van der Waals surface area contributed by atoms with Crippen molar-refractivity contribution in [3.8, 4) is 6.07 Å². The number of carbonyl (C=O) groups is 1. The molecule has 1 amide bonds. The molecule has 1 aromatic carbocycles. The molecule has 5 heteroatoms. The van der Waals surface area contributed by atoms with Gasteiger partial charge in [-0.2, -0.15) is 5.26 Å². The summed E-state index contributed by atoms with van der Waals surface area (Å²) in [5, 5.41) is 12.3. The van der Waals surface area contributed by atoms with E-state index in [9.17, 15) is 10.1 Å². The minimum Gasteiger partial charge on any atom is -0.365 e. The van der Waals surface area contributed by atoms with Crippen molar-refractivity contribution in [2.24, 2.45) is 5.92 Å². The summed E-state index contributed by atoms with van der Waals surface area (Å²) in [7, 11) is 0. The van der Waals surface area contributed by atoms with Gasteiger partial charge in [0.1, 0.15) is 6.07 Å². The first kappa shape index (κ1) is 12.5. The Bertz CT molecular complexity index is 566. The minimum absolute atomic E-state index is 0.0688. The van der Waals surface area contributed by atoms with Crippen LogP contribution in [0.4, 0.5) is 5.69 Å². The highest BCUT2D eigenvalue weighted by Crippen LogP contribution is 2.35. The third kappa shape index (κ3) is 2.00. The van der Waals surface area contributed by atoms with E-state index in [-0.39, 0.29) is 17.9 Å². The lowest BCUT2D eigenvalue weighted by Crippen LogP contribution is -2.46. The monoisotopic (exact) mass is 319 g/mol. The molecule has 2 heterocycles. The first-order valence-corrected chi connectivity index (χ1v) is 7.24. The lowest BCUT2D eigenvalue weighted by molar-refractivity contribution is -0.122. The maximum atomic E-state index is 11.8. The number of halogens is 1. The molecular weight excluding hydrogens is 306 g/mol. The van der Waals surface area contributed by atoms with E-state index >= 15 is 0 Å². The molecule has 2 fully saturated rings. The fraction of sp³-hybridized carbons (Fsp3) is 0.429. The van der Waals surface area contributed by atoms with Crippen LogP contribution in [0.25, 0.3) is 0 Å². The number of anilines is 1. The number of nitrogens with zero attached hydrogens (tertiary/aromatic N) is 2. The van der Waals surface area contributed by atoms with Crippen LogP contribution in [0, 0.1) is 17.2 Å². The van der Waals surface area contributed by atoms with Gasteiger partial charge >= 0.3 is 0 Å². The molecule has 0 aromatic heterocycles. The number of rotatable bonds is 1. The first-order valence-electron chi connectivity index (χ1n) is 6.45. The number of carbonyl (C=O) groups excluding carboxylic acids is 1. The summed E-state index contributed by atoms with van der Waals surface area (Å²) >= 11 is 3.43. The molecule has 0 saturated carbocycles. The Morgan fingerprint density at radius 2 is 2.32 bits per heavy atom. The van der Waals surface area contributed by atoms with Crippen LogP contribution in [0.3, 0.4) is 0 Å². The van der Waals surface area contributed by atoms with Crippen LogP contribution in [0.2, 0.25) is 0 Å². The zero-order valence-electron chi connectivity index (χ0n) is 10.4. The summed E-state index contributed by atoms with van der Waals surface area (Å²) in [6, 6.07) is 8.22. The molecule has 2 aliphatic rings. The first-order chi connectivity index (χ1) is 9.22. The van der Waals surface area contributed by atoms with Crippen LogP contribution in [-0.4, -0.2) is 25.0 Å². The number of amides is 1. The Kier molecular flexibility index (Phi) is 3.19. The fourth-order valence-corrected chi connectivity index (χ4v) is 3.56. The molecule has 0 radical (unpaired) electrons. The standard InChI is InChI=1S/C14H14BrN3O/c15-11-4-1-5-12(10(11)7-16)18-6-2-3-9-13(18)8-17-14(9)19/h1,4-5,9,13H,2-3,6,8H2,(H,17,19). The Morgan fingerprint density at radius 1 is 1.47 bits per heavy atom. The molecule has 2 unspecified atom stereocenters. The van der Waals surface area contributed by atoms with E-state index in [0.717, 1.165) is 29.5 Å². The normalized spacial score (nSPS) is 25.7. The topological polar surface area (TPSA) is 56.1 Å². The number of benzene rings is 1. The van der Waals surface area contributed by atoms with Crippen molar-refractivity contribution in [1.29, 1.82) is 5.26 Å². The summed E-state index contributed by atoms with van der Waals surface area (Å²) < 4.78 is 0.812. The molecule has 19 heavy (non-hydrogen) atoms. The van der Waals surface area contributed by atoms with E-state index in [2.05, 4.69) is 32.2 Å². The van der Waals surface area contributed by atoms with E-state index in [1.807, 2.05) is 18.2 Å². The van der Waals surface area contributed by atoms with Gasteiger partial charge in [0.25, 0.3) is 0 Å². The Hall–Kier alpha value is -1.54. The second-order valence-electron chi connectivity index (χ2n) is 5.00. The highest BCUT2D eigenvalue weighted by Gasteiger charge is 2.41. The molecule has 3 rings (SSSR count). The van der Waals surface area contributed by atoms with Gasteiger partial charge in [0.05, 0.1) is 23.2 Å². The van der Waals surface area contributed by atoms with Gasteiger partial charge in [0.15, 0.2) is 0 Å². The van der Waals surface area contributed by atoms with Crippen LogP contribution < -0.4 is 10.2 Å². The molecule has 2 saturated heterocycles. The van der Waals surface area contributed by atoms with Gasteiger partial charge in [0.2, 0.25) is 5.91 Å².